The van der Waals surface area contributed by atoms with Crippen molar-refractivity contribution in [3.8, 4) is 0 Å². The number of aromatic nitrogens is 1. The number of hydrogen-bond donors (Lipinski definition) is 1. The third-order valence-electron chi connectivity index (χ3n) is 5.21. The first kappa shape index (κ1) is 30.0. The van der Waals surface area contributed by atoms with Crippen LogP contribution in [0, 0.1) is 5.82 Å². The third kappa shape index (κ3) is 5.71. The Morgan fingerprint density at radius 2 is 1.45 bits per heavy atom. The van der Waals surface area contributed by atoms with E-state index >= 15 is 4.39 Å². The number of nitrogens with zero attached hydrogens (tertiary/aromatic N) is 1. The van der Waals surface area contributed by atoms with E-state index < -0.39 is 67.7 Å². The van der Waals surface area contributed by atoms with Crippen LogP contribution in [0.3, 0.4) is 0 Å². The Morgan fingerprint density at radius 1 is 0.895 bits per heavy atom. The molecular weight excluding hydrogens is 684 g/mol. The average molecular weight is 695 g/mol. The summed E-state index contributed by atoms with van der Waals surface area (Å²) >= 11 is 11.4. The number of pyridine rings is 1. The molecule has 0 saturated carbocycles. The molecule has 3 rings (SSSR count). The van der Waals surface area contributed by atoms with Gasteiger partial charge in [-0.05, 0) is 42.0 Å². The number of Topliss-reactive ketones (excluding diaryl/α,β-unsaturated/α-hetero) is 1. The summed E-state index contributed by atoms with van der Waals surface area (Å²) in [5.74, 6) is -2.95. The minimum absolute atomic E-state index is 0.0834. The van der Waals surface area contributed by atoms with Crippen molar-refractivity contribution in [2.75, 3.05) is 5.32 Å². The highest BCUT2D eigenvalue weighted by atomic mass is 79.9. The number of ketones is 1. The lowest BCUT2D eigenvalue weighted by Gasteiger charge is -2.31. The molecule has 1 aromatic heterocycles. The molecule has 4 nitrogen and oxygen atoms in total. The monoisotopic (exact) mass is 692 g/mol. The summed E-state index contributed by atoms with van der Waals surface area (Å²) < 4.78 is 107. The van der Waals surface area contributed by atoms with E-state index in [1.807, 2.05) is 0 Å². The van der Waals surface area contributed by atoms with Gasteiger partial charge >= 0.3 is 18.0 Å². The number of alkyl halides is 7. The van der Waals surface area contributed by atoms with E-state index in [1.165, 1.54) is 24.4 Å². The van der Waals surface area contributed by atoms with Gasteiger partial charge in [0.25, 0.3) is 5.91 Å². The molecule has 1 amide bonds. The smallest absolute Gasteiger partial charge is 0.319 e. The highest BCUT2D eigenvalue weighted by Crippen LogP contribution is 2.54. The standard InChI is InChI=1S/C23H11Br2ClF8N2O2/c24-14-7-10(21(28,22(29,30)31)23(32,33)34)8-15(25)13(14)9-17(37)11-3-1-5-16(18(11)27)36-20(38)12-4-2-6-35-19(12)26/h1-8H,9H2,(H,36,38). The van der Waals surface area contributed by atoms with Gasteiger partial charge in [-0.25, -0.2) is 13.8 Å². The summed E-state index contributed by atoms with van der Waals surface area (Å²) in [7, 11) is 0. The number of carbonyl (C=O) groups is 2. The Hall–Kier alpha value is -2.58. The van der Waals surface area contributed by atoms with Crippen LogP contribution >= 0.6 is 43.5 Å². The molecule has 0 aliphatic carbocycles. The minimum atomic E-state index is -6.34. The Bertz CT molecular complexity index is 1380. The molecular formula is C23H11Br2ClF8N2O2. The van der Waals surface area contributed by atoms with Crippen LogP contribution in [-0.4, -0.2) is 29.0 Å². The van der Waals surface area contributed by atoms with E-state index in [9.17, 15) is 40.3 Å². The van der Waals surface area contributed by atoms with Crippen LogP contribution < -0.4 is 5.32 Å². The van der Waals surface area contributed by atoms with Crippen molar-refractivity contribution >= 4 is 60.8 Å². The molecule has 0 atom stereocenters. The van der Waals surface area contributed by atoms with Gasteiger partial charge in [-0.2, -0.15) is 26.3 Å². The van der Waals surface area contributed by atoms with Crippen molar-refractivity contribution < 1.29 is 44.7 Å². The maximum absolute atomic E-state index is 15.1. The summed E-state index contributed by atoms with van der Waals surface area (Å²) in [6.07, 6.45) is -12.1. The summed E-state index contributed by atoms with van der Waals surface area (Å²) in [4.78, 5) is 29.0. The Labute approximate surface area is 230 Å². The summed E-state index contributed by atoms with van der Waals surface area (Å²) in [6.45, 7) is 0. The second kappa shape index (κ2) is 10.9. The molecule has 0 radical (unpaired) electrons. The first-order chi connectivity index (χ1) is 17.5. The number of rotatable bonds is 6. The largest absolute Gasteiger partial charge is 0.435 e. The molecule has 0 fully saturated rings. The van der Waals surface area contributed by atoms with Crippen molar-refractivity contribution in [2.24, 2.45) is 0 Å². The fourth-order valence-corrected chi connectivity index (χ4v) is 4.98. The van der Waals surface area contributed by atoms with Gasteiger partial charge in [0.2, 0.25) is 0 Å². The molecule has 15 heteroatoms. The molecule has 38 heavy (non-hydrogen) atoms. The van der Waals surface area contributed by atoms with Gasteiger partial charge in [0.1, 0.15) is 5.15 Å². The number of nitrogens with one attached hydrogen (secondary N) is 1. The molecule has 1 heterocycles. The van der Waals surface area contributed by atoms with Crippen LogP contribution in [0.15, 0.2) is 57.6 Å². The fourth-order valence-electron chi connectivity index (χ4n) is 3.30. The number of hydrogen-bond acceptors (Lipinski definition) is 3. The zero-order chi connectivity index (χ0) is 28.6. The lowest BCUT2D eigenvalue weighted by atomic mass is 9.92. The predicted octanol–water partition coefficient (Wildman–Crippen LogP) is 8.37. The lowest BCUT2D eigenvalue weighted by molar-refractivity contribution is -0.348. The Kier molecular flexibility index (Phi) is 8.59. The second-order valence-electron chi connectivity index (χ2n) is 7.64. The van der Waals surface area contributed by atoms with E-state index in [0.29, 0.717) is 0 Å². The van der Waals surface area contributed by atoms with Crippen LogP contribution in [0.4, 0.5) is 40.8 Å². The molecule has 0 aliphatic rings. The van der Waals surface area contributed by atoms with Crippen LogP contribution in [0.5, 0.6) is 0 Å². The third-order valence-corrected chi connectivity index (χ3v) is 6.92. The van der Waals surface area contributed by atoms with Crippen LogP contribution in [0.1, 0.15) is 31.8 Å². The number of carbonyl (C=O) groups excluding carboxylic acids is 2. The summed E-state index contributed by atoms with van der Waals surface area (Å²) in [5.41, 5.74) is -8.69. The van der Waals surface area contributed by atoms with E-state index in [1.54, 1.807) is 0 Å². The number of halogens is 11. The molecule has 1 N–H and O–H groups in total. The minimum Gasteiger partial charge on any atom is -0.319 e. The molecule has 0 unspecified atom stereocenters. The zero-order valence-corrected chi connectivity index (χ0v) is 22.2. The van der Waals surface area contributed by atoms with Crippen molar-refractivity contribution in [3.05, 3.63) is 90.8 Å². The second-order valence-corrected chi connectivity index (χ2v) is 9.70. The van der Waals surface area contributed by atoms with E-state index in [2.05, 4.69) is 42.2 Å². The van der Waals surface area contributed by atoms with E-state index in [0.717, 1.165) is 12.1 Å². The van der Waals surface area contributed by atoms with Gasteiger partial charge in [-0.3, -0.25) is 9.59 Å². The fraction of sp³-hybridized carbons (Fsp3) is 0.174. The Balaban J connectivity index is 1.93. The number of amides is 1. The van der Waals surface area contributed by atoms with Crippen molar-refractivity contribution in [2.45, 2.75) is 24.4 Å². The van der Waals surface area contributed by atoms with Gasteiger partial charge in [-0.1, -0.05) is 49.5 Å². The quantitative estimate of drug-likeness (QED) is 0.160. The molecule has 202 valence electrons. The van der Waals surface area contributed by atoms with Gasteiger partial charge in [0, 0.05) is 27.1 Å². The van der Waals surface area contributed by atoms with Crippen molar-refractivity contribution in [1.29, 1.82) is 0 Å². The predicted molar refractivity (Wildman–Crippen MR) is 128 cm³/mol. The van der Waals surface area contributed by atoms with Crippen LogP contribution in [-0.2, 0) is 12.1 Å². The highest BCUT2D eigenvalue weighted by Gasteiger charge is 2.73. The average Bonchev–Trinajstić information content (AvgIpc) is 2.80. The maximum atomic E-state index is 15.1. The van der Waals surface area contributed by atoms with Gasteiger partial charge in [0.15, 0.2) is 11.6 Å². The molecule has 2 aromatic carbocycles. The molecule has 0 spiro atoms. The van der Waals surface area contributed by atoms with Crippen LogP contribution in [0.2, 0.25) is 5.15 Å². The Morgan fingerprint density at radius 3 is 1.97 bits per heavy atom. The van der Waals surface area contributed by atoms with Gasteiger partial charge in [-0.15, -0.1) is 0 Å². The number of anilines is 1. The molecule has 0 saturated heterocycles. The number of benzene rings is 2. The van der Waals surface area contributed by atoms with Gasteiger partial charge in [0.05, 0.1) is 16.8 Å². The lowest BCUT2D eigenvalue weighted by Crippen LogP contribution is -2.50. The summed E-state index contributed by atoms with van der Waals surface area (Å²) in [5, 5.41) is 2.07. The first-order valence-corrected chi connectivity index (χ1v) is 12.0. The van der Waals surface area contributed by atoms with Crippen molar-refractivity contribution in [1.82, 2.24) is 4.98 Å². The van der Waals surface area contributed by atoms with E-state index in [4.69, 9.17) is 11.6 Å². The zero-order valence-electron chi connectivity index (χ0n) is 18.2. The topological polar surface area (TPSA) is 59.1 Å². The molecule has 3 aromatic rings. The van der Waals surface area contributed by atoms with Gasteiger partial charge < -0.3 is 5.32 Å². The summed E-state index contributed by atoms with van der Waals surface area (Å²) in [6, 6.07) is 6.66. The molecule has 0 bridgehead atoms. The van der Waals surface area contributed by atoms with Crippen molar-refractivity contribution in [3.63, 3.8) is 0 Å². The normalized spacial score (nSPS) is 12.4. The first-order valence-electron chi connectivity index (χ1n) is 10.0. The highest BCUT2D eigenvalue weighted by molar-refractivity contribution is 9.11. The molecule has 0 aliphatic heterocycles. The van der Waals surface area contributed by atoms with E-state index in [-0.39, 0.29) is 28.4 Å². The SMILES string of the molecule is O=C(Nc1cccc(C(=O)Cc2c(Br)cc(C(F)(C(F)(F)F)C(F)(F)F)cc2Br)c1F)c1cccnc1Cl. The van der Waals surface area contributed by atoms with Crippen LogP contribution in [0.25, 0.3) is 0 Å². The maximum Gasteiger partial charge on any atom is 0.435 e.